The Labute approximate surface area is 157 Å². The molecule has 2 aliphatic rings. The van der Waals surface area contributed by atoms with Crippen molar-refractivity contribution in [2.24, 2.45) is 0 Å². The molecule has 2 nitrogen and oxygen atoms in total. The molecule has 2 unspecified atom stereocenters. The smallest absolute Gasteiger partial charge is 0.134 e. The molecule has 0 aliphatic heterocycles. The number of ketones is 1. The number of aldehydes is 1. The summed E-state index contributed by atoms with van der Waals surface area (Å²) in [6.45, 7) is 2.15. The van der Waals surface area contributed by atoms with E-state index in [0.29, 0.717) is 19.3 Å². The molecule has 0 aromatic heterocycles. The molecule has 4 rings (SSSR count). The third-order valence-corrected chi connectivity index (χ3v) is 6.89. The monoisotopic (exact) mass is 446 g/mol. The van der Waals surface area contributed by atoms with E-state index in [1.54, 1.807) is 0 Å². The highest BCUT2D eigenvalue weighted by Gasteiger charge is 2.60. The van der Waals surface area contributed by atoms with Crippen LogP contribution in [0.3, 0.4) is 0 Å². The van der Waals surface area contributed by atoms with Crippen LogP contribution in [0.1, 0.15) is 37.3 Å². The van der Waals surface area contributed by atoms with Gasteiger partial charge in [-0.05, 0) is 46.5 Å². The van der Waals surface area contributed by atoms with Crippen LogP contribution in [0, 0.1) is 0 Å². The van der Waals surface area contributed by atoms with Crippen LogP contribution in [0.5, 0.6) is 0 Å². The second kappa shape index (κ2) is 5.37. The van der Waals surface area contributed by atoms with Gasteiger partial charge in [0, 0.05) is 39.0 Å². The molecule has 24 heavy (non-hydrogen) atoms. The quantitative estimate of drug-likeness (QED) is 0.582. The number of carbonyl (C=O) groups excluding carboxylic acids is 2. The van der Waals surface area contributed by atoms with Gasteiger partial charge in [-0.25, -0.2) is 0 Å². The highest BCUT2D eigenvalue weighted by molar-refractivity contribution is 9.10. The Kier molecular flexibility index (Phi) is 3.63. The predicted molar refractivity (Wildman–Crippen MR) is 101 cm³/mol. The first-order valence-electron chi connectivity index (χ1n) is 7.97. The zero-order chi connectivity index (χ0) is 17.1. The third-order valence-electron chi connectivity index (χ3n) is 5.90. The minimum Gasteiger partial charge on any atom is -0.303 e. The minimum atomic E-state index is -0.460. The number of halogens is 2. The first kappa shape index (κ1) is 16.2. The lowest BCUT2D eigenvalue weighted by atomic mass is 9.53. The van der Waals surface area contributed by atoms with Gasteiger partial charge in [-0.3, -0.25) is 4.79 Å². The van der Waals surface area contributed by atoms with Gasteiger partial charge in [0.05, 0.1) is 0 Å². The summed E-state index contributed by atoms with van der Waals surface area (Å²) in [5, 5.41) is 0. The van der Waals surface area contributed by atoms with Crippen molar-refractivity contribution >= 4 is 43.9 Å². The van der Waals surface area contributed by atoms with Gasteiger partial charge in [-0.2, -0.15) is 0 Å². The second-order valence-electron chi connectivity index (χ2n) is 7.06. The van der Waals surface area contributed by atoms with Gasteiger partial charge in [0.15, 0.2) is 0 Å². The van der Waals surface area contributed by atoms with Crippen molar-refractivity contribution in [3.63, 3.8) is 0 Å². The second-order valence-corrected chi connectivity index (χ2v) is 8.89. The zero-order valence-electron chi connectivity index (χ0n) is 13.2. The van der Waals surface area contributed by atoms with E-state index in [-0.39, 0.29) is 11.2 Å². The number of hydrogen-bond donors (Lipinski definition) is 0. The average Bonchev–Trinajstić information content (AvgIpc) is 2.80. The fourth-order valence-electron chi connectivity index (χ4n) is 4.81. The van der Waals surface area contributed by atoms with E-state index in [2.05, 4.69) is 63.0 Å². The molecule has 1 saturated carbocycles. The van der Waals surface area contributed by atoms with Gasteiger partial charge >= 0.3 is 0 Å². The Morgan fingerprint density at radius 1 is 1.00 bits per heavy atom. The summed E-state index contributed by atoms with van der Waals surface area (Å²) in [4.78, 5) is 24.1. The molecular formula is C20H16Br2O2. The Morgan fingerprint density at radius 3 is 2.21 bits per heavy atom. The molecule has 2 aliphatic carbocycles. The largest absolute Gasteiger partial charge is 0.303 e. The molecule has 122 valence electrons. The number of Topliss-reactive ketones (excluding diaryl/α,β-unsaturated/α-hetero) is 1. The van der Waals surface area contributed by atoms with Crippen LogP contribution in [0.25, 0.3) is 11.1 Å². The summed E-state index contributed by atoms with van der Waals surface area (Å²) in [6, 6.07) is 12.5. The molecule has 2 atom stereocenters. The molecule has 0 spiro atoms. The van der Waals surface area contributed by atoms with Crippen LogP contribution < -0.4 is 0 Å². The van der Waals surface area contributed by atoms with Crippen LogP contribution in [0.4, 0.5) is 0 Å². The standard InChI is InChI=1S/C20H16Br2O2/c1-19-10-14(24)11-20(19,6-7-23)18-9-13(22)3-5-16(18)15-4-2-12(21)8-17(15)19/h2-5,7-9H,6,10-11H2,1H3. The van der Waals surface area contributed by atoms with Crippen molar-refractivity contribution in [1.29, 1.82) is 0 Å². The van der Waals surface area contributed by atoms with Crippen LogP contribution in [0.2, 0.25) is 0 Å². The highest BCUT2D eigenvalue weighted by atomic mass is 79.9. The fraction of sp³-hybridized carbons (Fsp3) is 0.300. The van der Waals surface area contributed by atoms with E-state index in [9.17, 15) is 9.59 Å². The highest BCUT2D eigenvalue weighted by Crippen LogP contribution is 2.62. The summed E-state index contributed by atoms with van der Waals surface area (Å²) in [5.41, 5.74) is 3.76. The summed E-state index contributed by atoms with van der Waals surface area (Å²) in [6.07, 6.45) is 2.25. The molecule has 2 aromatic carbocycles. The van der Waals surface area contributed by atoms with Gasteiger partial charge < -0.3 is 4.79 Å². The van der Waals surface area contributed by atoms with Crippen molar-refractivity contribution < 1.29 is 9.59 Å². The van der Waals surface area contributed by atoms with Crippen molar-refractivity contribution in [2.75, 3.05) is 0 Å². The minimum absolute atomic E-state index is 0.234. The molecular weight excluding hydrogens is 432 g/mol. The van der Waals surface area contributed by atoms with Crippen LogP contribution in [0.15, 0.2) is 45.3 Å². The summed E-state index contributed by atoms with van der Waals surface area (Å²) in [5.74, 6) is 0.234. The predicted octanol–water partition coefficient (Wildman–Crippen LogP) is 5.34. The molecule has 0 bridgehead atoms. The third kappa shape index (κ3) is 1.99. The lowest BCUT2D eigenvalue weighted by molar-refractivity contribution is -0.117. The van der Waals surface area contributed by atoms with Gasteiger partial charge in [-0.1, -0.05) is 50.9 Å². The van der Waals surface area contributed by atoms with E-state index < -0.39 is 5.41 Å². The average molecular weight is 448 g/mol. The summed E-state index contributed by atoms with van der Waals surface area (Å²) >= 11 is 7.14. The number of carbonyl (C=O) groups is 2. The van der Waals surface area contributed by atoms with E-state index >= 15 is 0 Å². The fourth-order valence-corrected chi connectivity index (χ4v) is 5.53. The SMILES string of the molecule is CC12CC(=O)CC1(CC=O)c1cc(Br)ccc1-c1ccc(Br)cc12. The molecule has 1 fully saturated rings. The first-order chi connectivity index (χ1) is 11.4. The molecule has 4 heteroatoms. The maximum atomic E-state index is 12.5. The Hall–Kier alpha value is -1.26. The van der Waals surface area contributed by atoms with Gasteiger partial charge in [0.2, 0.25) is 0 Å². The maximum Gasteiger partial charge on any atom is 0.134 e. The van der Waals surface area contributed by atoms with E-state index in [0.717, 1.165) is 26.4 Å². The molecule has 2 aromatic rings. The normalized spacial score (nSPS) is 27.4. The van der Waals surface area contributed by atoms with Crippen LogP contribution in [-0.2, 0) is 20.4 Å². The molecule has 0 amide bonds. The van der Waals surface area contributed by atoms with Gasteiger partial charge in [0.25, 0.3) is 0 Å². The zero-order valence-corrected chi connectivity index (χ0v) is 16.4. The van der Waals surface area contributed by atoms with E-state index in [1.165, 1.54) is 11.1 Å². The van der Waals surface area contributed by atoms with Crippen LogP contribution in [-0.4, -0.2) is 12.1 Å². The van der Waals surface area contributed by atoms with Crippen molar-refractivity contribution in [1.82, 2.24) is 0 Å². The molecule has 0 saturated heterocycles. The molecule has 0 N–H and O–H groups in total. The van der Waals surface area contributed by atoms with Crippen molar-refractivity contribution in [3.8, 4) is 11.1 Å². The summed E-state index contributed by atoms with van der Waals surface area (Å²) in [7, 11) is 0. The van der Waals surface area contributed by atoms with Crippen LogP contribution >= 0.6 is 31.9 Å². The first-order valence-corrected chi connectivity index (χ1v) is 9.56. The number of fused-ring (bicyclic) bond motifs is 6. The number of benzene rings is 2. The molecule has 0 heterocycles. The van der Waals surface area contributed by atoms with Gasteiger partial charge in [0.1, 0.15) is 12.1 Å². The number of rotatable bonds is 2. The van der Waals surface area contributed by atoms with Crippen molar-refractivity contribution in [3.05, 3.63) is 56.5 Å². The Morgan fingerprint density at radius 2 is 1.58 bits per heavy atom. The van der Waals surface area contributed by atoms with E-state index in [4.69, 9.17) is 0 Å². The van der Waals surface area contributed by atoms with Crippen molar-refractivity contribution in [2.45, 2.75) is 37.0 Å². The van der Waals surface area contributed by atoms with Gasteiger partial charge in [-0.15, -0.1) is 0 Å². The molecule has 0 radical (unpaired) electrons. The maximum absolute atomic E-state index is 12.5. The van der Waals surface area contributed by atoms with E-state index in [1.807, 2.05) is 12.1 Å². The topological polar surface area (TPSA) is 34.1 Å². The Bertz CT molecular complexity index is 889. The lowest BCUT2D eigenvalue weighted by Gasteiger charge is -2.48. The lowest BCUT2D eigenvalue weighted by Crippen LogP contribution is -2.46. The summed E-state index contributed by atoms with van der Waals surface area (Å²) < 4.78 is 1.98. The number of hydrogen-bond acceptors (Lipinski definition) is 2. The Balaban J connectivity index is 2.15.